The molecule has 0 fully saturated rings. The standard InChI is InChI=1S/C15H26N2O/c1-11(2)10-18-14-7-5-6-13(8-14)17-9-15(16)12(3)4/h5-8,11-12,15,17H,9-10,16H2,1-4H3. The summed E-state index contributed by atoms with van der Waals surface area (Å²) in [6.07, 6.45) is 0. The highest BCUT2D eigenvalue weighted by Crippen LogP contribution is 2.18. The molecule has 0 spiro atoms. The van der Waals surface area contributed by atoms with Crippen LogP contribution in [-0.4, -0.2) is 19.2 Å². The van der Waals surface area contributed by atoms with Gasteiger partial charge in [-0.15, -0.1) is 0 Å². The van der Waals surface area contributed by atoms with Gasteiger partial charge in [-0.2, -0.15) is 0 Å². The quantitative estimate of drug-likeness (QED) is 0.781. The number of hydrogen-bond acceptors (Lipinski definition) is 3. The van der Waals surface area contributed by atoms with Crippen LogP contribution in [0.15, 0.2) is 24.3 Å². The van der Waals surface area contributed by atoms with Crippen LogP contribution in [0.5, 0.6) is 5.75 Å². The number of ether oxygens (including phenoxy) is 1. The second-order valence-electron chi connectivity index (χ2n) is 5.52. The van der Waals surface area contributed by atoms with E-state index < -0.39 is 0 Å². The lowest BCUT2D eigenvalue weighted by atomic mass is 10.1. The van der Waals surface area contributed by atoms with Crippen molar-refractivity contribution < 1.29 is 4.74 Å². The van der Waals surface area contributed by atoms with Gasteiger partial charge >= 0.3 is 0 Å². The molecule has 3 heteroatoms. The second-order valence-corrected chi connectivity index (χ2v) is 5.52. The van der Waals surface area contributed by atoms with Crippen LogP contribution < -0.4 is 15.8 Å². The molecule has 0 saturated heterocycles. The number of hydrogen-bond donors (Lipinski definition) is 2. The van der Waals surface area contributed by atoms with E-state index in [2.05, 4.69) is 33.0 Å². The van der Waals surface area contributed by atoms with E-state index in [9.17, 15) is 0 Å². The minimum atomic E-state index is 0.172. The highest BCUT2D eigenvalue weighted by Gasteiger charge is 2.07. The zero-order chi connectivity index (χ0) is 13.5. The predicted molar refractivity (Wildman–Crippen MR) is 78.1 cm³/mol. The van der Waals surface area contributed by atoms with Crippen molar-refractivity contribution in [3.05, 3.63) is 24.3 Å². The van der Waals surface area contributed by atoms with E-state index in [1.807, 2.05) is 24.3 Å². The van der Waals surface area contributed by atoms with Crippen LogP contribution in [0.1, 0.15) is 27.7 Å². The summed E-state index contributed by atoms with van der Waals surface area (Å²) in [6, 6.07) is 8.21. The SMILES string of the molecule is CC(C)COc1cccc(NCC(N)C(C)C)c1. The van der Waals surface area contributed by atoms with Gasteiger partial charge in [-0.25, -0.2) is 0 Å². The molecule has 0 aliphatic rings. The molecule has 1 aromatic carbocycles. The molecule has 0 radical (unpaired) electrons. The molecule has 3 N–H and O–H groups in total. The molecule has 0 aliphatic carbocycles. The van der Waals surface area contributed by atoms with E-state index in [4.69, 9.17) is 10.5 Å². The van der Waals surface area contributed by atoms with Crippen LogP contribution >= 0.6 is 0 Å². The number of nitrogens with one attached hydrogen (secondary N) is 1. The minimum Gasteiger partial charge on any atom is -0.493 e. The highest BCUT2D eigenvalue weighted by atomic mass is 16.5. The van der Waals surface area contributed by atoms with Gasteiger partial charge in [0, 0.05) is 24.3 Å². The van der Waals surface area contributed by atoms with Crippen molar-refractivity contribution in [2.24, 2.45) is 17.6 Å². The molecule has 0 heterocycles. The Balaban J connectivity index is 2.49. The average molecular weight is 250 g/mol. The monoisotopic (exact) mass is 250 g/mol. The van der Waals surface area contributed by atoms with Gasteiger partial charge in [-0.3, -0.25) is 0 Å². The zero-order valence-corrected chi connectivity index (χ0v) is 11.9. The summed E-state index contributed by atoms with van der Waals surface area (Å²) in [5.41, 5.74) is 7.07. The van der Waals surface area contributed by atoms with Crippen molar-refractivity contribution in [1.29, 1.82) is 0 Å². The Labute approximate surface area is 111 Å². The Kier molecular flexibility index (Phi) is 5.99. The molecule has 102 valence electrons. The summed E-state index contributed by atoms with van der Waals surface area (Å²) in [4.78, 5) is 0. The van der Waals surface area contributed by atoms with Crippen molar-refractivity contribution >= 4 is 5.69 Å². The van der Waals surface area contributed by atoms with Crippen molar-refractivity contribution in [2.45, 2.75) is 33.7 Å². The fraction of sp³-hybridized carbons (Fsp3) is 0.600. The molecule has 18 heavy (non-hydrogen) atoms. The average Bonchev–Trinajstić information content (AvgIpc) is 2.33. The van der Waals surface area contributed by atoms with Gasteiger partial charge in [0.1, 0.15) is 5.75 Å². The maximum absolute atomic E-state index is 6.01. The zero-order valence-electron chi connectivity index (χ0n) is 11.9. The molecule has 0 aromatic heterocycles. The molecule has 3 nitrogen and oxygen atoms in total. The maximum atomic E-state index is 6.01. The Morgan fingerprint density at radius 2 is 1.94 bits per heavy atom. The summed E-state index contributed by atoms with van der Waals surface area (Å²) in [5.74, 6) is 1.93. The van der Waals surface area contributed by atoms with E-state index in [1.54, 1.807) is 0 Å². The molecule has 1 rings (SSSR count). The first-order valence-corrected chi connectivity index (χ1v) is 6.71. The molecular weight excluding hydrogens is 224 g/mol. The lowest BCUT2D eigenvalue weighted by molar-refractivity contribution is 0.271. The lowest BCUT2D eigenvalue weighted by Crippen LogP contribution is -2.33. The van der Waals surface area contributed by atoms with Gasteiger partial charge in [0.15, 0.2) is 0 Å². The Bertz CT molecular complexity index is 350. The normalized spacial score (nSPS) is 12.8. The number of anilines is 1. The third-order valence-corrected chi connectivity index (χ3v) is 2.82. The van der Waals surface area contributed by atoms with Crippen LogP contribution in [0.3, 0.4) is 0 Å². The first-order valence-electron chi connectivity index (χ1n) is 6.71. The second kappa shape index (κ2) is 7.27. The molecule has 0 bridgehead atoms. The van der Waals surface area contributed by atoms with Gasteiger partial charge < -0.3 is 15.8 Å². The van der Waals surface area contributed by atoms with E-state index in [0.717, 1.165) is 24.6 Å². The molecule has 0 aliphatic heterocycles. The van der Waals surface area contributed by atoms with Gasteiger partial charge in [0.25, 0.3) is 0 Å². The summed E-state index contributed by atoms with van der Waals surface area (Å²) >= 11 is 0. The van der Waals surface area contributed by atoms with Crippen LogP contribution in [-0.2, 0) is 0 Å². The van der Waals surface area contributed by atoms with Gasteiger partial charge in [-0.05, 0) is 24.0 Å². The molecular formula is C15H26N2O. The van der Waals surface area contributed by atoms with E-state index in [-0.39, 0.29) is 6.04 Å². The third kappa shape index (κ3) is 5.41. The van der Waals surface area contributed by atoms with Crippen molar-refractivity contribution in [1.82, 2.24) is 0 Å². The smallest absolute Gasteiger partial charge is 0.121 e. The van der Waals surface area contributed by atoms with Crippen LogP contribution in [0, 0.1) is 11.8 Å². The predicted octanol–water partition coefficient (Wildman–Crippen LogP) is 3.12. The summed E-state index contributed by atoms with van der Waals surface area (Å²) < 4.78 is 5.69. The topological polar surface area (TPSA) is 47.3 Å². The minimum absolute atomic E-state index is 0.172. The number of rotatable bonds is 7. The van der Waals surface area contributed by atoms with Crippen LogP contribution in [0.4, 0.5) is 5.69 Å². The maximum Gasteiger partial charge on any atom is 0.121 e. The fourth-order valence-corrected chi connectivity index (χ4v) is 1.43. The van der Waals surface area contributed by atoms with E-state index in [0.29, 0.717) is 11.8 Å². The molecule has 1 unspecified atom stereocenters. The van der Waals surface area contributed by atoms with Gasteiger partial charge in [0.05, 0.1) is 6.61 Å². The lowest BCUT2D eigenvalue weighted by Gasteiger charge is -2.17. The summed E-state index contributed by atoms with van der Waals surface area (Å²) in [5, 5.41) is 3.35. The van der Waals surface area contributed by atoms with E-state index >= 15 is 0 Å². The first kappa shape index (κ1) is 14.8. The van der Waals surface area contributed by atoms with E-state index in [1.165, 1.54) is 0 Å². The summed E-state index contributed by atoms with van der Waals surface area (Å²) in [6.45, 7) is 10.1. The van der Waals surface area contributed by atoms with Crippen LogP contribution in [0.25, 0.3) is 0 Å². The van der Waals surface area contributed by atoms with Crippen molar-refractivity contribution in [3.63, 3.8) is 0 Å². The largest absolute Gasteiger partial charge is 0.493 e. The first-order chi connectivity index (χ1) is 8.49. The Morgan fingerprint density at radius 3 is 2.56 bits per heavy atom. The molecule has 0 saturated carbocycles. The molecule has 1 aromatic rings. The van der Waals surface area contributed by atoms with Gasteiger partial charge in [0.2, 0.25) is 0 Å². The molecule has 1 atom stereocenters. The third-order valence-electron chi connectivity index (χ3n) is 2.82. The fourth-order valence-electron chi connectivity index (χ4n) is 1.43. The molecule has 0 amide bonds. The van der Waals surface area contributed by atoms with Crippen LogP contribution in [0.2, 0.25) is 0 Å². The number of nitrogens with two attached hydrogens (primary N) is 1. The van der Waals surface area contributed by atoms with Gasteiger partial charge in [-0.1, -0.05) is 33.8 Å². The highest BCUT2D eigenvalue weighted by molar-refractivity contribution is 5.48. The Hall–Kier alpha value is -1.22. The summed E-state index contributed by atoms with van der Waals surface area (Å²) in [7, 11) is 0. The number of benzene rings is 1. The Morgan fingerprint density at radius 1 is 1.22 bits per heavy atom. The van der Waals surface area contributed by atoms with Crippen molar-refractivity contribution in [3.8, 4) is 5.75 Å². The van der Waals surface area contributed by atoms with Crippen molar-refractivity contribution in [2.75, 3.05) is 18.5 Å².